The molecule has 0 bridgehead atoms. The average Bonchev–Trinajstić information content (AvgIpc) is 2.88. The van der Waals surface area contributed by atoms with Crippen LogP contribution in [0.1, 0.15) is 44.1 Å². The lowest BCUT2D eigenvalue weighted by molar-refractivity contribution is -0.147. The van der Waals surface area contributed by atoms with E-state index in [0.717, 1.165) is 18.4 Å². The fraction of sp³-hybridized carbons (Fsp3) is 0.467. The summed E-state index contributed by atoms with van der Waals surface area (Å²) in [5.41, 5.74) is -0.154. The molecule has 4 nitrogen and oxygen atoms in total. The molecule has 1 aliphatic rings. The van der Waals surface area contributed by atoms with Crippen LogP contribution in [-0.2, 0) is 9.59 Å². The minimum absolute atomic E-state index is 0.212. The summed E-state index contributed by atoms with van der Waals surface area (Å²) in [6, 6.07) is 9.41. The second kappa shape index (κ2) is 5.43. The Kier molecular flexibility index (Phi) is 3.88. The maximum absolute atomic E-state index is 12.2. The van der Waals surface area contributed by atoms with Crippen molar-refractivity contribution in [1.29, 1.82) is 0 Å². The zero-order chi connectivity index (χ0) is 13.9. The van der Waals surface area contributed by atoms with Gasteiger partial charge in [-0.25, -0.2) is 4.79 Å². The van der Waals surface area contributed by atoms with E-state index in [0.29, 0.717) is 12.8 Å². The number of rotatable bonds is 4. The largest absolute Gasteiger partial charge is 0.480 e. The summed E-state index contributed by atoms with van der Waals surface area (Å²) in [5, 5.41) is 12.1. The molecule has 1 fully saturated rings. The van der Waals surface area contributed by atoms with Crippen molar-refractivity contribution in [1.82, 2.24) is 5.32 Å². The Bertz CT molecular complexity index is 464. The summed E-state index contributed by atoms with van der Waals surface area (Å²) in [6.45, 7) is 1.80. The van der Waals surface area contributed by atoms with Crippen molar-refractivity contribution >= 4 is 11.9 Å². The van der Waals surface area contributed by atoms with E-state index in [1.165, 1.54) is 0 Å². The maximum atomic E-state index is 12.2. The number of hydrogen-bond acceptors (Lipinski definition) is 2. The van der Waals surface area contributed by atoms with E-state index in [9.17, 15) is 14.7 Å². The molecule has 0 radical (unpaired) electrons. The Morgan fingerprint density at radius 2 is 1.79 bits per heavy atom. The van der Waals surface area contributed by atoms with Gasteiger partial charge in [-0.05, 0) is 25.3 Å². The average molecular weight is 261 g/mol. The van der Waals surface area contributed by atoms with Crippen LogP contribution < -0.4 is 5.32 Å². The third-order valence-electron chi connectivity index (χ3n) is 3.92. The van der Waals surface area contributed by atoms with Crippen LogP contribution in [-0.4, -0.2) is 22.5 Å². The van der Waals surface area contributed by atoms with Crippen molar-refractivity contribution in [2.24, 2.45) is 0 Å². The number of amides is 1. The summed E-state index contributed by atoms with van der Waals surface area (Å²) < 4.78 is 0. The summed E-state index contributed by atoms with van der Waals surface area (Å²) in [7, 11) is 0. The number of carboxylic acid groups (broad SMARTS) is 1. The number of carbonyl (C=O) groups excluding carboxylic acids is 1. The summed E-state index contributed by atoms with van der Waals surface area (Å²) >= 11 is 0. The molecular formula is C15H19NO3. The van der Waals surface area contributed by atoms with Gasteiger partial charge in [0.15, 0.2) is 0 Å². The van der Waals surface area contributed by atoms with E-state index in [2.05, 4.69) is 5.32 Å². The third-order valence-corrected chi connectivity index (χ3v) is 3.92. The van der Waals surface area contributed by atoms with Gasteiger partial charge in [-0.1, -0.05) is 43.2 Å². The zero-order valence-corrected chi connectivity index (χ0v) is 11.1. The molecule has 0 aromatic heterocycles. The smallest absolute Gasteiger partial charge is 0.329 e. The van der Waals surface area contributed by atoms with Gasteiger partial charge in [0.2, 0.25) is 5.91 Å². The number of carbonyl (C=O) groups is 2. The second-order valence-electron chi connectivity index (χ2n) is 5.22. The molecule has 1 aromatic rings. The topological polar surface area (TPSA) is 66.4 Å². The normalized spacial score (nSPS) is 18.8. The van der Waals surface area contributed by atoms with Gasteiger partial charge >= 0.3 is 5.97 Å². The number of carboxylic acids is 1. The lowest BCUT2D eigenvalue weighted by atomic mass is 9.94. The first-order valence-corrected chi connectivity index (χ1v) is 6.65. The van der Waals surface area contributed by atoms with Gasteiger partial charge in [0, 0.05) is 0 Å². The zero-order valence-electron chi connectivity index (χ0n) is 11.1. The predicted molar refractivity (Wildman–Crippen MR) is 71.8 cm³/mol. The van der Waals surface area contributed by atoms with Crippen LogP contribution in [0.2, 0.25) is 0 Å². The highest BCUT2D eigenvalue weighted by Crippen LogP contribution is 2.30. The molecule has 1 atom stereocenters. The number of benzene rings is 1. The van der Waals surface area contributed by atoms with Gasteiger partial charge in [-0.15, -0.1) is 0 Å². The summed E-state index contributed by atoms with van der Waals surface area (Å²) in [5.74, 6) is -1.47. The van der Waals surface area contributed by atoms with Crippen molar-refractivity contribution in [3.05, 3.63) is 35.9 Å². The first kappa shape index (κ1) is 13.6. The monoisotopic (exact) mass is 261 g/mol. The van der Waals surface area contributed by atoms with E-state index in [1.807, 2.05) is 30.3 Å². The van der Waals surface area contributed by atoms with Crippen molar-refractivity contribution < 1.29 is 14.7 Å². The number of nitrogens with one attached hydrogen (secondary N) is 1. The molecule has 102 valence electrons. The maximum Gasteiger partial charge on any atom is 0.329 e. The van der Waals surface area contributed by atoms with Gasteiger partial charge < -0.3 is 10.4 Å². The molecule has 0 heterocycles. The van der Waals surface area contributed by atoms with Gasteiger partial charge in [-0.3, -0.25) is 4.79 Å². The molecule has 1 amide bonds. The van der Waals surface area contributed by atoms with E-state index in [1.54, 1.807) is 6.92 Å². The summed E-state index contributed by atoms with van der Waals surface area (Å²) in [6.07, 6.45) is 2.75. The highest BCUT2D eigenvalue weighted by molar-refractivity contribution is 5.90. The molecule has 0 aliphatic heterocycles. The molecule has 1 saturated carbocycles. The molecule has 4 heteroatoms. The minimum Gasteiger partial charge on any atom is -0.480 e. The Hall–Kier alpha value is -1.84. The lowest BCUT2D eigenvalue weighted by Crippen LogP contribution is -2.53. The molecule has 2 N–H and O–H groups in total. The highest BCUT2D eigenvalue weighted by Gasteiger charge is 2.43. The lowest BCUT2D eigenvalue weighted by Gasteiger charge is -2.27. The predicted octanol–water partition coefficient (Wildman–Crippen LogP) is 2.30. The quantitative estimate of drug-likeness (QED) is 0.874. The molecule has 0 unspecified atom stereocenters. The van der Waals surface area contributed by atoms with Crippen LogP contribution in [0.15, 0.2) is 30.3 Å². The Morgan fingerprint density at radius 3 is 2.32 bits per heavy atom. The van der Waals surface area contributed by atoms with Crippen molar-refractivity contribution in [3.63, 3.8) is 0 Å². The van der Waals surface area contributed by atoms with Crippen LogP contribution in [0.3, 0.4) is 0 Å². The number of hydrogen-bond donors (Lipinski definition) is 2. The Labute approximate surface area is 112 Å². The third kappa shape index (κ3) is 2.78. The molecule has 0 spiro atoms. The fourth-order valence-corrected chi connectivity index (χ4v) is 2.61. The van der Waals surface area contributed by atoms with Gasteiger partial charge in [-0.2, -0.15) is 0 Å². The van der Waals surface area contributed by atoms with E-state index in [-0.39, 0.29) is 11.8 Å². The first-order valence-electron chi connectivity index (χ1n) is 6.65. The standard InChI is InChI=1S/C15H19NO3/c1-11(12-7-3-2-4-8-12)13(17)16-15(14(18)19)9-5-6-10-15/h2-4,7-8,11H,5-6,9-10H2,1H3,(H,16,17)(H,18,19)/t11-/m0/s1. The Morgan fingerprint density at radius 1 is 1.21 bits per heavy atom. The minimum atomic E-state index is -1.06. The van der Waals surface area contributed by atoms with Crippen LogP contribution >= 0.6 is 0 Å². The summed E-state index contributed by atoms with van der Waals surface area (Å²) in [4.78, 5) is 23.6. The second-order valence-corrected chi connectivity index (χ2v) is 5.22. The molecule has 1 aromatic carbocycles. The SMILES string of the molecule is C[C@H](C(=O)NC1(C(=O)O)CCCC1)c1ccccc1. The van der Waals surface area contributed by atoms with Crippen molar-refractivity contribution in [2.75, 3.05) is 0 Å². The van der Waals surface area contributed by atoms with Gasteiger partial charge in [0.25, 0.3) is 0 Å². The molecule has 0 saturated heterocycles. The molecule has 2 rings (SSSR count). The first-order chi connectivity index (χ1) is 9.05. The highest BCUT2D eigenvalue weighted by atomic mass is 16.4. The van der Waals surface area contributed by atoms with Crippen LogP contribution in [0.5, 0.6) is 0 Å². The van der Waals surface area contributed by atoms with E-state index >= 15 is 0 Å². The molecular weight excluding hydrogens is 242 g/mol. The van der Waals surface area contributed by atoms with Crippen LogP contribution in [0.4, 0.5) is 0 Å². The van der Waals surface area contributed by atoms with Crippen molar-refractivity contribution in [3.8, 4) is 0 Å². The van der Waals surface area contributed by atoms with E-state index in [4.69, 9.17) is 0 Å². The van der Waals surface area contributed by atoms with Gasteiger partial charge in [0.1, 0.15) is 5.54 Å². The Balaban J connectivity index is 2.10. The van der Waals surface area contributed by atoms with Gasteiger partial charge in [0.05, 0.1) is 5.92 Å². The van der Waals surface area contributed by atoms with E-state index < -0.39 is 11.5 Å². The van der Waals surface area contributed by atoms with Crippen molar-refractivity contribution in [2.45, 2.75) is 44.1 Å². The molecule has 1 aliphatic carbocycles. The molecule has 19 heavy (non-hydrogen) atoms. The van der Waals surface area contributed by atoms with Crippen LogP contribution in [0.25, 0.3) is 0 Å². The fourth-order valence-electron chi connectivity index (χ4n) is 2.61. The number of aliphatic carboxylic acids is 1. The van der Waals surface area contributed by atoms with Crippen LogP contribution in [0, 0.1) is 0 Å².